The molecule has 0 saturated heterocycles. The van der Waals surface area contributed by atoms with Gasteiger partial charge in [0.25, 0.3) is 0 Å². The summed E-state index contributed by atoms with van der Waals surface area (Å²) >= 11 is 6.53. The Hall–Kier alpha value is 0.0900. The molecule has 2 rings (SSSR count). The Balaban J connectivity index is 2.34. The summed E-state index contributed by atoms with van der Waals surface area (Å²) in [5.74, 6) is 0. The molecule has 0 heterocycles. The summed E-state index contributed by atoms with van der Waals surface area (Å²) in [4.78, 5) is 0.289. The molecule has 1 aromatic rings. The SMILES string of the molecule is O=S(=O)(NC1CC1)c1ccc(Br)cc1Br. The van der Waals surface area contributed by atoms with Gasteiger partial charge in [0, 0.05) is 15.0 Å². The number of nitrogens with one attached hydrogen (secondary N) is 1. The van der Waals surface area contributed by atoms with Gasteiger partial charge >= 0.3 is 0 Å². The topological polar surface area (TPSA) is 46.2 Å². The molecule has 82 valence electrons. The fourth-order valence-corrected chi connectivity index (χ4v) is 4.23. The average Bonchev–Trinajstić information content (AvgIpc) is 2.86. The largest absolute Gasteiger partial charge is 0.241 e. The van der Waals surface area contributed by atoms with Gasteiger partial charge in [-0.15, -0.1) is 0 Å². The van der Waals surface area contributed by atoms with Gasteiger partial charge in [0.15, 0.2) is 0 Å². The Labute approximate surface area is 106 Å². The van der Waals surface area contributed by atoms with E-state index in [-0.39, 0.29) is 10.9 Å². The first kappa shape index (κ1) is 11.6. The second-order valence-electron chi connectivity index (χ2n) is 3.47. The van der Waals surface area contributed by atoms with Crippen molar-refractivity contribution in [2.24, 2.45) is 0 Å². The molecule has 1 aromatic carbocycles. The maximum atomic E-state index is 11.9. The summed E-state index contributed by atoms with van der Waals surface area (Å²) in [5, 5.41) is 0. The summed E-state index contributed by atoms with van der Waals surface area (Å²) in [6.07, 6.45) is 1.88. The zero-order chi connectivity index (χ0) is 11.1. The van der Waals surface area contributed by atoms with Crippen molar-refractivity contribution < 1.29 is 8.42 Å². The van der Waals surface area contributed by atoms with Crippen LogP contribution in [0.1, 0.15) is 12.8 Å². The highest BCUT2D eigenvalue weighted by atomic mass is 79.9. The molecule has 1 aliphatic carbocycles. The minimum absolute atomic E-state index is 0.130. The lowest BCUT2D eigenvalue weighted by molar-refractivity contribution is 0.580. The highest BCUT2D eigenvalue weighted by Gasteiger charge is 2.28. The number of hydrogen-bond acceptors (Lipinski definition) is 2. The van der Waals surface area contributed by atoms with Crippen molar-refractivity contribution in [3.05, 3.63) is 27.1 Å². The highest BCUT2D eigenvalue weighted by Crippen LogP contribution is 2.28. The third-order valence-electron chi connectivity index (χ3n) is 2.08. The Morgan fingerprint density at radius 1 is 1.27 bits per heavy atom. The van der Waals surface area contributed by atoms with E-state index in [1.807, 2.05) is 0 Å². The van der Waals surface area contributed by atoms with Crippen LogP contribution in [-0.2, 0) is 10.0 Å². The minimum Gasteiger partial charge on any atom is -0.208 e. The lowest BCUT2D eigenvalue weighted by Crippen LogP contribution is -2.25. The van der Waals surface area contributed by atoms with E-state index in [1.54, 1.807) is 18.2 Å². The Bertz CT molecular complexity index is 483. The molecule has 1 saturated carbocycles. The van der Waals surface area contributed by atoms with Crippen LogP contribution in [-0.4, -0.2) is 14.5 Å². The normalized spacial score (nSPS) is 16.7. The van der Waals surface area contributed by atoms with Gasteiger partial charge in [0.1, 0.15) is 0 Å². The first-order valence-electron chi connectivity index (χ1n) is 4.46. The van der Waals surface area contributed by atoms with Gasteiger partial charge in [0.2, 0.25) is 10.0 Å². The average molecular weight is 355 g/mol. The Kier molecular flexibility index (Phi) is 3.21. The first-order valence-corrected chi connectivity index (χ1v) is 7.53. The van der Waals surface area contributed by atoms with Crippen LogP contribution < -0.4 is 4.72 Å². The van der Waals surface area contributed by atoms with Crippen molar-refractivity contribution in [2.75, 3.05) is 0 Å². The molecule has 3 nitrogen and oxygen atoms in total. The van der Waals surface area contributed by atoms with Crippen LogP contribution in [0.15, 0.2) is 32.0 Å². The fourth-order valence-electron chi connectivity index (χ4n) is 1.18. The molecule has 0 bridgehead atoms. The van der Waals surface area contributed by atoms with E-state index >= 15 is 0 Å². The minimum atomic E-state index is -3.36. The summed E-state index contributed by atoms with van der Waals surface area (Å²) in [6, 6.07) is 5.15. The van der Waals surface area contributed by atoms with E-state index < -0.39 is 10.0 Å². The van der Waals surface area contributed by atoms with Gasteiger partial charge in [-0.3, -0.25) is 0 Å². The molecule has 6 heteroatoms. The number of sulfonamides is 1. The van der Waals surface area contributed by atoms with Crippen LogP contribution in [0.5, 0.6) is 0 Å². The van der Waals surface area contributed by atoms with Crippen LogP contribution >= 0.6 is 31.9 Å². The monoisotopic (exact) mass is 353 g/mol. The van der Waals surface area contributed by atoms with E-state index in [0.717, 1.165) is 17.3 Å². The lowest BCUT2D eigenvalue weighted by atomic mass is 10.4. The second kappa shape index (κ2) is 4.16. The van der Waals surface area contributed by atoms with E-state index in [1.165, 1.54) is 0 Å². The summed E-state index contributed by atoms with van der Waals surface area (Å²) < 4.78 is 27.8. The van der Waals surface area contributed by atoms with Gasteiger partial charge < -0.3 is 0 Å². The summed E-state index contributed by atoms with van der Waals surface area (Å²) in [5.41, 5.74) is 0. The molecule has 0 spiro atoms. The molecule has 0 atom stereocenters. The molecule has 0 unspecified atom stereocenters. The second-order valence-corrected chi connectivity index (χ2v) is 6.92. The molecule has 0 aromatic heterocycles. The van der Waals surface area contributed by atoms with E-state index in [2.05, 4.69) is 36.6 Å². The van der Waals surface area contributed by atoms with Gasteiger partial charge in [-0.1, -0.05) is 15.9 Å². The molecule has 0 radical (unpaired) electrons. The van der Waals surface area contributed by atoms with E-state index in [9.17, 15) is 8.42 Å². The number of hydrogen-bond donors (Lipinski definition) is 1. The number of rotatable bonds is 3. The Morgan fingerprint density at radius 2 is 1.93 bits per heavy atom. The van der Waals surface area contributed by atoms with Crippen LogP contribution in [0.4, 0.5) is 0 Å². The van der Waals surface area contributed by atoms with Crippen LogP contribution in [0.2, 0.25) is 0 Å². The zero-order valence-electron chi connectivity index (χ0n) is 7.70. The smallest absolute Gasteiger partial charge is 0.208 e. The Morgan fingerprint density at radius 3 is 2.47 bits per heavy atom. The van der Waals surface area contributed by atoms with Gasteiger partial charge in [-0.25, -0.2) is 13.1 Å². The van der Waals surface area contributed by atoms with Crippen LogP contribution in [0.25, 0.3) is 0 Å². The van der Waals surface area contributed by atoms with Gasteiger partial charge in [-0.05, 0) is 47.0 Å². The van der Waals surface area contributed by atoms with Crippen molar-refractivity contribution in [3.8, 4) is 0 Å². The number of halogens is 2. The quantitative estimate of drug-likeness (QED) is 0.906. The van der Waals surface area contributed by atoms with Crippen molar-refractivity contribution in [1.82, 2.24) is 4.72 Å². The molecular weight excluding hydrogens is 346 g/mol. The fraction of sp³-hybridized carbons (Fsp3) is 0.333. The maximum Gasteiger partial charge on any atom is 0.241 e. The molecule has 0 amide bonds. The van der Waals surface area contributed by atoms with E-state index in [4.69, 9.17) is 0 Å². The van der Waals surface area contributed by atoms with E-state index in [0.29, 0.717) is 4.47 Å². The maximum absolute atomic E-state index is 11.9. The zero-order valence-corrected chi connectivity index (χ0v) is 11.7. The molecule has 15 heavy (non-hydrogen) atoms. The van der Waals surface area contributed by atoms with Crippen LogP contribution in [0.3, 0.4) is 0 Å². The molecular formula is C9H9Br2NO2S. The predicted molar refractivity (Wildman–Crippen MR) is 65.2 cm³/mol. The predicted octanol–water partition coefficient (Wildman–Crippen LogP) is 2.65. The van der Waals surface area contributed by atoms with Gasteiger partial charge in [0.05, 0.1) is 4.90 Å². The highest BCUT2D eigenvalue weighted by molar-refractivity contribution is 9.11. The van der Waals surface area contributed by atoms with Crippen molar-refractivity contribution in [1.29, 1.82) is 0 Å². The standard InChI is InChI=1S/C9H9Br2NO2S/c10-6-1-4-9(8(11)5-6)15(13,14)12-7-2-3-7/h1,4-5,7,12H,2-3H2. The molecule has 0 aliphatic heterocycles. The third-order valence-corrected chi connectivity index (χ3v) is 5.07. The molecule has 1 fully saturated rings. The molecule has 1 N–H and O–H groups in total. The summed E-state index contributed by atoms with van der Waals surface area (Å²) in [6.45, 7) is 0. The van der Waals surface area contributed by atoms with Crippen LogP contribution in [0, 0.1) is 0 Å². The van der Waals surface area contributed by atoms with Crippen molar-refractivity contribution in [2.45, 2.75) is 23.8 Å². The molecule has 1 aliphatic rings. The first-order chi connectivity index (χ1) is 6.99. The summed E-state index contributed by atoms with van der Waals surface area (Å²) in [7, 11) is -3.36. The van der Waals surface area contributed by atoms with Crippen molar-refractivity contribution in [3.63, 3.8) is 0 Å². The van der Waals surface area contributed by atoms with Gasteiger partial charge in [-0.2, -0.15) is 0 Å². The van der Waals surface area contributed by atoms with Crippen molar-refractivity contribution >= 4 is 41.9 Å². The lowest BCUT2D eigenvalue weighted by Gasteiger charge is -2.07. The number of benzene rings is 1. The third kappa shape index (κ3) is 2.81.